The van der Waals surface area contributed by atoms with Crippen molar-refractivity contribution in [3.8, 4) is 5.75 Å². The van der Waals surface area contributed by atoms with E-state index in [2.05, 4.69) is 32.2 Å². The molecular formula is C31H36N2O3. The monoisotopic (exact) mass is 484 g/mol. The minimum Gasteiger partial charge on any atom is -0.496 e. The second-order valence-corrected chi connectivity index (χ2v) is 10.6. The number of amides is 2. The van der Waals surface area contributed by atoms with E-state index in [9.17, 15) is 9.59 Å². The number of rotatable bonds is 5. The fourth-order valence-electron chi connectivity index (χ4n) is 5.08. The van der Waals surface area contributed by atoms with Crippen molar-refractivity contribution in [1.82, 2.24) is 4.90 Å². The molecule has 1 saturated heterocycles. The minimum atomic E-state index is -0.366. The van der Waals surface area contributed by atoms with Gasteiger partial charge in [-0.1, -0.05) is 69.3 Å². The van der Waals surface area contributed by atoms with Crippen LogP contribution >= 0.6 is 0 Å². The molecule has 0 aromatic heterocycles. The van der Waals surface area contributed by atoms with Crippen molar-refractivity contribution in [2.45, 2.75) is 52.0 Å². The van der Waals surface area contributed by atoms with Gasteiger partial charge in [-0.2, -0.15) is 0 Å². The van der Waals surface area contributed by atoms with Crippen LogP contribution in [0.4, 0.5) is 5.69 Å². The Morgan fingerprint density at radius 3 is 2.39 bits per heavy atom. The van der Waals surface area contributed by atoms with Crippen LogP contribution in [0.5, 0.6) is 5.75 Å². The Bertz CT molecular complexity index is 1230. The van der Waals surface area contributed by atoms with Crippen LogP contribution in [0.1, 0.15) is 66.7 Å². The molecule has 0 spiro atoms. The summed E-state index contributed by atoms with van der Waals surface area (Å²) >= 11 is 0. The van der Waals surface area contributed by atoms with Gasteiger partial charge in [0.2, 0.25) is 5.91 Å². The maximum absolute atomic E-state index is 13.9. The standard InChI is InChI=1S/C31H36N2O3/c1-21-25(16-10-18-27(21)36-5)30(35)33-19-11-17-26(28(33)22-12-7-6-8-13-22)29(34)32-24-15-9-14-23(20-24)31(2,3)4/h6-10,12-16,18,20,26,28H,11,17,19H2,1-5H3,(H,32,34)/t26-,28-/m0/s1. The number of hydrogen-bond acceptors (Lipinski definition) is 3. The number of carbonyl (C=O) groups excluding carboxylic acids is 2. The molecule has 0 unspecified atom stereocenters. The Labute approximate surface area is 214 Å². The number of nitrogens with zero attached hydrogens (tertiary/aromatic N) is 1. The molecule has 2 atom stereocenters. The maximum Gasteiger partial charge on any atom is 0.254 e. The third-order valence-corrected chi connectivity index (χ3v) is 7.10. The quantitative estimate of drug-likeness (QED) is 0.448. The summed E-state index contributed by atoms with van der Waals surface area (Å²) in [6.45, 7) is 8.97. The molecule has 3 aromatic rings. The Balaban J connectivity index is 1.68. The van der Waals surface area contributed by atoms with E-state index in [0.29, 0.717) is 24.3 Å². The van der Waals surface area contributed by atoms with E-state index in [1.165, 1.54) is 0 Å². The molecule has 1 aliphatic rings. The Morgan fingerprint density at radius 1 is 0.972 bits per heavy atom. The average molecular weight is 485 g/mol. The molecule has 5 heteroatoms. The molecule has 3 aromatic carbocycles. The van der Waals surface area contributed by atoms with E-state index in [1.54, 1.807) is 7.11 Å². The highest BCUT2D eigenvalue weighted by molar-refractivity contribution is 5.98. The molecular weight excluding hydrogens is 448 g/mol. The molecule has 36 heavy (non-hydrogen) atoms. The van der Waals surface area contributed by atoms with Gasteiger partial charge in [-0.05, 0) is 60.6 Å². The first-order valence-electron chi connectivity index (χ1n) is 12.6. The Morgan fingerprint density at radius 2 is 1.69 bits per heavy atom. The predicted octanol–water partition coefficient (Wildman–Crippen LogP) is 6.53. The van der Waals surface area contributed by atoms with Crippen LogP contribution in [0.3, 0.4) is 0 Å². The number of benzene rings is 3. The largest absolute Gasteiger partial charge is 0.496 e. The number of hydrogen-bond donors (Lipinski definition) is 1. The van der Waals surface area contributed by atoms with Crippen molar-refractivity contribution >= 4 is 17.5 Å². The van der Waals surface area contributed by atoms with Crippen LogP contribution in [0, 0.1) is 12.8 Å². The van der Waals surface area contributed by atoms with Gasteiger partial charge in [-0.15, -0.1) is 0 Å². The van der Waals surface area contributed by atoms with Crippen LogP contribution < -0.4 is 10.1 Å². The zero-order valence-corrected chi connectivity index (χ0v) is 21.9. The molecule has 0 saturated carbocycles. The topological polar surface area (TPSA) is 58.6 Å². The van der Waals surface area contributed by atoms with Gasteiger partial charge in [0, 0.05) is 23.4 Å². The first kappa shape index (κ1) is 25.5. The molecule has 2 amide bonds. The number of anilines is 1. The number of piperidine rings is 1. The van der Waals surface area contributed by atoms with Crippen LogP contribution in [0.2, 0.25) is 0 Å². The maximum atomic E-state index is 13.9. The lowest BCUT2D eigenvalue weighted by Gasteiger charge is -2.41. The summed E-state index contributed by atoms with van der Waals surface area (Å²) < 4.78 is 5.46. The lowest BCUT2D eigenvalue weighted by molar-refractivity contribution is -0.123. The highest BCUT2D eigenvalue weighted by Gasteiger charge is 2.40. The molecule has 1 N–H and O–H groups in total. The summed E-state index contributed by atoms with van der Waals surface area (Å²) in [5, 5.41) is 3.16. The van der Waals surface area contributed by atoms with Crippen molar-refractivity contribution < 1.29 is 14.3 Å². The van der Waals surface area contributed by atoms with E-state index >= 15 is 0 Å². The van der Waals surface area contributed by atoms with E-state index in [4.69, 9.17) is 4.74 Å². The second-order valence-electron chi connectivity index (χ2n) is 10.6. The zero-order chi connectivity index (χ0) is 25.9. The van der Waals surface area contributed by atoms with Gasteiger partial charge in [0.25, 0.3) is 5.91 Å². The number of likely N-dealkylation sites (tertiary alicyclic amines) is 1. The third-order valence-electron chi connectivity index (χ3n) is 7.10. The van der Waals surface area contributed by atoms with Gasteiger partial charge in [0.1, 0.15) is 5.75 Å². The predicted molar refractivity (Wildman–Crippen MR) is 144 cm³/mol. The highest BCUT2D eigenvalue weighted by Crippen LogP contribution is 2.39. The molecule has 1 fully saturated rings. The van der Waals surface area contributed by atoms with E-state index in [-0.39, 0.29) is 29.2 Å². The van der Waals surface area contributed by atoms with Gasteiger partial charge in [-0.3, -0.25) is 9.59 Å². The molecule has 188 valence electrons. The van der Waals surface area contributed by atoms with Gasteiger partial charge in [0.15, 0.2) is 0 Å². The second kappa shape index (κ2) is 10.6. The van der Waals surface area contributed by atoms with Crippen molar-refractivity contribution in [3.05, 3.63) is 95.1 Å². The van der Waals surface area contributed by atoms with E-state index in [0.717, 1.165) is 28.8 Å². The molecule has 5 nitrogen and oxygen atoms in total. The number of nitrogens with one attached hydrogen (secondary N) is 1. The summed E-state index contributed by atoms with van der Waals surface area (Å²) in [4.78, 5) is 29.5. The summed E-state index contributed by atoms with van der Waals surface area (Å²) in [5.41, 5.74) is 4.31. The van der Waals surface area contributed by atoms with Crippen molar-refractivity contribution in [2.24, 2.45) is 5.92 Å². The fraction of sp³-hybridized carbons (Fsp3) is 0.355. The SMILES string of the molecule is COc1cccc(C(=O)N2CCC[C@H](C(=O)Nc3cccc(C(C)(C)C)c3)[C@@H]2c2ccccc2)c1C. The molecule has 0 bridgehead atoms. The van der Waals surface area contributed by atoms with Crippen LogP contribution in [-0.4, -0.2) is 30.4 Å². The van der Waals surface area contributed by atoms with Gasteiger partial charge in [0.05, 0.1) is 19.1 Å². The van der Waals surface area contributed by atoms with E-state index < -0.39 is 0 Å². The third kappa shape index (κ3) is 5.30. The lowest BCUT2D eigenvalue weighted by atomic mass is 9.83. The molecule has 1 aliphatic heterocycles. The van der Waals surface area contributed by atoms with Gasteiger partial charge < -0.3 is 15.0 Å². The van der Waals surface area contributed by atoms with Crippen LogP contribution in [0.25, 0.3) is 0 Å². The highest BCUT2D eigenvalue weighted by atomic mass is 16.5. The summed E-state index contributed by atoms with van der Waals surface area (Å²) in [6, 6.07) is 23.1. The number of methoxy groups -OCH3 is 1. The number of carbonyl (C=O) groups is 2. The Hall–Kier alpha value is -3.60. The molecule has 1 heterocycles. The molecule has 0 radical (unpaired) electrons. The molecule has 0 aliphatic carbocycles. The molecule has 4 rings (SSSR count). The van der Waals surface area contributed by atoms with Crippen LogP contribution in [-0.2, 0) is 10.2 Å². The fourth-order valence-corrected chi connectivity index (χ4v) is 5.08. The van der Waals surface area contributed by atoms with Crippen molar-refractivity contribution in [2.75, 3.05) is 19.0 Å². The summed E-state index contributed by atoms with van der Waals surface area (Å²) in [5.74, 6) is 0.179. The van der Waals surface area contributed by atoms with Gasteiger partial charge in [-0.25, -0.2) is 0 Å². The van der Waals surface area contributed by atoms with Crippen LogP contribution in [0.15, 0.2) is 72.8 Å². The first-order valence-corrected chi connectivity index (χ1v) is 12.6. The zero-order valence-electron chi connectivity index (χ0n) is 21.9. The number of ether oxygens (including phenoxy) is 1. The van der Waals surface area contributed by atoms with Crippen molar-refractivity contribution in [1.29, 1.82) is 0 Å². The Kier molecular flexibility index (Phi) is 7.48. The summed E-state index contributed by atoms with van der Waals surface area (Å²) in [6.07, 6.45) is 1.48. The first-order chi connectivity index (χ1) is 17.2. The average Bonchev–Trinajstić information content (AvgIpc) is 2.88. The minimum absolute atomic E-state index is 0.0179. The normalized spacial score (nSPS) is 18.0. The van der Waals surface area contributed by atoms with E-state index in [1.807, 2.05) is 78.6 Å². The van der Waals surface area contributed by atoms with Crippen molar-refractivity contribution in [3.63, 3.8) is 0 Å². The lowest BCUT2D eigenvalue weighted by Crippen LogP contribution is -2.46. The van der Waals surface area contributed by atoms with Gasteiger partial charge >= 0.3 is 0 Å². The smallest absolute Gasteiger partial charge is 0.254 e. The summed E-state index contributed by atoms with van der Waals surface area (Å²) in [7, 11) is 1.61.